The third-order valence-electron chi connectivity index (χ3n) is 11.5. The van der Waals surface area contributed by atoms with Crippen molar-refractivity contribution in [2.75, 3.05) is 6.61 Å². The van der Waals surface area contributed by atoms with Crippen LogP contribution in [-0.4, -0.2) is 46.9 Å². The fraction of sp³-hybridized carbons (Fsp3) is 0.882. The standard InChI is InChI=1S/C51H97NO5/c1-4-7-10-13-16-19-21-23-25-26-28-31-34-37-40-43-49(54)48(46-53)52-50(55)45-47(42-39-36-33-30-18-15-12-9-6-3)57-51(56)44-41-38-35-32-29-27-24-22-20-17-14-11-8-5-2/h15,18,27,29,47-49,53-54H,4-14,16-17,19-26,28,30-46H2,1-3H3,(H,52,55)/b18-15-,29-27-. The minimum absolute atomic E-state index is 0.0639. The molecule has 0 aromatic rings. The molecule has 6 nitrogen and oxygen atoms in total. The number of hydrogen-bond acceptors (Lipinski definition) is 5. The van der Waals surface area contributed by atoms with Crippen LogP contribution in [-0.2, 0) is 14.3 Å². The number of ether oxygens (including phenoxy) is 1. The van der Waals surface area contributed by atoms with Gasteiger partial charge in [0.1, 0.15) is 6.10 Å². The van der Waals surface area contributed by atoms with E-state index >= 15 is 0 Å². The summed E-state index contributed by atoms with van der Waals surface area (Å²) in [6.07, 6.45) is 51.0. The molecule has 0 bridgehead atoms. The van der Waals surface area contributed by atoms with Gasteiger partial charge in [-0.25, -0.2) is 0 Å². The maximum Gasteiger partial charge on any atom is 0.306 e. The molecule has 0 aromatic carbocycles. The van der Waals surface area contributed by atoms with Crippen molar-refractivity contribution in [3.63, 3.8) is 0 Å². The van der Waals surface area contributed by atoms with E-state index < -0.39 is 18.2 Å². The minimum Gasteiger partial charge on any atom is -0.462 e. The maximum absolute atomic E-state index is 13.1. The molecular weight excluding hydrogens is 707 g/mol. The highest BCUT2D eigenvalue weighted by Gasteiger charge is 2.24. The molecule has 0 aliphatic carbocycles. The van der Waals surface area contributed by atoms with E-state index in [9.17, 15) is 19.8 Å². The Labute approximate surface area is 354 Å². The molecule has 3 unspecified atom stereocenters. The van der Waals surface area contributed by atoms with Gasteiger partial charge in [0.25, 0.3) is 0 Å². The van der Waals surface area contributed by atoms with E-state index in [1.807, 2.05) is 0 Å². The Morgan fingerprint density at radius 1 is 0.491 bits per heavy atom. The third kappa shape index (κ3) is 40.9. The summed E-state index contributed by atoms with van der Waals surface area (Å²) in [6, 6.07) is -0.704. The number of esters is 1. The average molecular weight is 804 g/mol. The van der Waals surface area contributed by atoms with Crippen molar-refractivity contribution in [2.45, 2.75) is 283 Å². The van der Waals surface area contributed by atoms with Crippen molar-refractivity contribution in [1.82, 2.24) is 5.32 Å². The molecule has 0 aliphatic heterocycles. The Hall–Kier alpha value is -1.66. The number of hydrogen-bond donors (Lipinski definition) is 3. The molecule has 0 saturated carbocycles. The number of aliphatic hydroxyl groups is 2. The van der Waals surface area contributed by atoms with E-state index in [0.29, 0.717) is 19.3 Å². The number of allylic oxidation sites excluding steroid dienone is 4. The Bertz CT molecular complexity index is 904. The van der Waals surface area contributed by atoms with Gasteiger partial charge in [-0.05, 0) is 70.6 Å². The summed E-state index contributed by atoms with van der Waals surface area (Å²) in [5, 5.41) is 23.7. The van der Waals surface area contributed by atoms with Crippen LogP contribution in [0.3, 0.4) is 0 Å². The summed E-state index contributed by atoms with van der Waals surface area (Å²) >= 11 is 0. The number of rotatable bonds is 45. The van der Waals surface area contributed by atoms with Crippen molar-refractivity contribution in [2.24, 2.45) is 0 Å². The molecule has 1 amide bonds. The summed E-state index contributed by atoms with van der Waals surface area (Å²) in [4.78, 5) is 26.0. The number of nitrogens with one attached hydrogen (secondary N) is 1. The number of carbonyl (C=O) groups is 2. The van der Waals surface area contributed by atoms with Gasteiger partial charge in [-0.1, -0.05) is 206 Å². The van der Waals surface area contributed by atoms with Crippen LogP contribution in [0.1, 0.15) is 265 Å². The van der Waals surface area contributed by atoms with Gasteiger partial charge in [-0.15, -0.1) is 0 Å². The molecule has 0 rings (SSSR count). The summed E-state index contributed by atoms with van der Waals surface area (Å²) in [6.45, 7) is 6.44. The number of amides is 1. The first-order valence-electron chi connectivity index (χ1n) is 25.1. The zero-order valence-electron chi connectivity index (χ0n) is 38.2. The average Bonchev–Trinajstić information content (AvgIpc) is 3.20. The highest BCUT2D eigenvalue weighted by atomic mass is 16.5. The van der Waals surface area contributed by atoms with Crippen LogP contribution in [0.2, 0.25) is 0 Å². The first-order valence-corrected chi connectivity index (χ1v) is 25.1. The normalized spacial score (nSPS) is 13.4. The van der Waals surface area contributed by atoms with Crippen LogP contribution in [0.15, 0.2) is 24.3 Å². The number of unbranched alkanes of at least 4 members (excludes halogenated alkanes) is 29. The highest BCUT2D eigenvalue weighted by Crippen LogP contribution is 2.17. The van der Waals surface area contributed by atoms with E-state index in [-0.39, 0.29) is 24.9 Å². The van der Waals surface area contributed by atoms with Crippen LogP contribution >= 0.6 is 0 Å². The molecule has 0 fully saturated rings. The fourth-order valence-electron chi connectivity index (χ4n) is 7.64. The molecule has 0 aromatic heterocycles. The largest absolute Gasteiger partial charge is 0.462 e. The van der Waals surface area contributed by atoms with Crippen LogP contribution < -0.4 is 5.32 Å². The Morgan fingerprint density at radius 2 is 0.860 bits per heavy atom. The van der Waals surface area contributed by atoms with Gasteiger partial charge in [0.2, 0.25) is 5.91 Å². The van der Waals surface area contributed by atoms with Crippen molar-refractivity contribution >= 4 is 11.9 Å². The molecule has 0 heterocycles. The lowest BCUT2D eigenvalue weighted by Gasteiger charge is -2.24. The Morgan fingerprint density at radius 3 is 1.32 bits per heavy atom. The smallest absolute Gasteiger partial charge is 0.306 e. The molecule has 336 valence electrons. The second kappa shape index (κ2) is 45.4. The number of aliphatic hydroxyl groups excluding tert-OH is 2. The summed E-state index contributed by atoms with van der Waals surface area (Å²) in [7, 11) is 0. The van der Waals surface area contributed by atoms with E-state index in [4.69, 9.17) is 4.74 Å². The molecule has 0 spiro atoms. The predicted octanol–water partition coefficient (Wildman–Crippen LogP) is 14.7. The molecule has 0 radical (unpaired) electrons. The summed E-state index contributed by atoms with van der Waals surface area (Å²) in [5.41, 5.74) is 0. The lowest BCUT2D eigenvalue weighted by molar-refractivity contribution is -0.151. The van der Waals surface area contributed by atoms with Crippen LogP contribution in [0.5, 0.6) is 0 Å². The van der Waals surface area contributed by atoms with Crippen molar-refractivity contribution in [1.29, 1.82) is 0 Å². The Balaban J connectivity index is 4.47. The fourth-order valence-corrected chi connectivity index (χ4v) is 7.64. The molecule has 0 aliphatic rings. The lowest BCUT2D eigenvalue weighted by Crippen LogP contribution is -2.46. The first kappa shape index (κ1) is 55.3. The quantitative estimate of drug-likeness (QED) is 0.0324. The van der Waals surface area contributed by atoms with Gasteiger partial charge in [0, 0.05) is 6.42 Å². The molecule has 57 heavy (non-hydrogen) atoms. The second-order valence-electron chi connectivity index (χ2n) is 17.2. The van der Waals surface area contributed by atoms with E-state index in [0.717, 1.165) is 70.6 Å². The monoisotopic (exact) mass is 804 g/mol. The van der Waals surface area contributed by atoms with Gasteiger partial charge < -0.3 is 20.3 Å². The summed E-state index contributed by atoms with van der Waals surface area (Å²) < 4.78 is 5.89. The van der Waals surface area contributed by atoms with E-state index in [2.05, 4.69) is 50.4 Å². The van der Waals surface area contributed by atoms with Crippen molar-refractivity contribution in [3.8, 4) is 0 Å². The van der Waals surface area contributed by atoms with Gasteiger partial charge in [0.05, 0.1) is 25.2 Å². The second-order valence-corrected chi connectivity index (χ2v) is 17.2. The SMILES string of the molecule is CCCC/C=C\CCCCCC(CC(=O)NC(CO)C(O)CCCCCCCCCCCCCCCCC)OC(=O)CCCCC/C=C\CCCCCCCCC. The molecule has 3 atom stereocenters. The highest BCUT2D eigenvalue weighted by molar-refractivity contribution is 5.77. The van der Waals surface area contributed by atoms with Crippen LogP contribution in [0.25, 0.3) is 0 Å². The zero-order chi connectivity index (χ0) is 41.7. The molecular formula is C51H97NO5. The zero-order valence-corrected chi connectivity index (χ0v) is 38.2. The van der Waals surface area contributed by atoms with Gasteiger partial charge in [-0.2, -0.15) is 0 Å². The van der Waals surface area contributed by atoms with E-state index in [1.165, 1.54) is 148 Å². The van der Waals surface area contributed by atoms with E-state index in [1.54, 1.807) is 0 Å². The molecule has 0 saturated heterocycles. The van der Waals surface area contributed by atoms with Crippen molar-refractivity contribution < 1.29 is 24.5 Å². The third-order valence-corrected chi connectivity index (χ3v) is 11.5. The Kier molecular flexibility index (Phi) is 44.1. The maximum atomic E-state index is 13.1. The van der Waals surface area contributed by atoms with Gasteiger partial charge in [0.15, 0.2) is 0 Å². The lowest BCUT2D eigenvalue weighted by atomic mass is 10.0. The van der Waals surface area contributed by atoms with Gasteiger partial charge >= 0.3 is 5.97 Å². The summed E-state index contributed by atoms with van der Waals surface area (Å²) in [5.74, 6) is -0.502. The van der Waals surface area contributed by atoms with Gasteiger partial charge in [-0.3, -0.25) is 9.59 Å². The van der Waals surface area contributed by atoms with Crippen LogP contribution in [0.4, 0.5) is 0 Å². The topological polar surface area (TPSA) is 95.9 Å². The predicted molar refractivity (Wildman–Crippen MR) is 246 cm³/mol. The molecule has 6 heteroatoms. The minimum atomic E-state index is -0.789. The first-order chi connectivity index (χ1) is 28.0. The molecule has 3 N–H and O–H groups in total. The van der Waals surface area contributed by atoms with Crippen molar-refractivity contribution in [3.05, 3.63) is 24.3 Å². The van der Waals surface area contributed by atoms with Crippen LogP contribution in [0, 0.1) is 0 Å². The number of carbonyl (C=O) groups excluding carboxylic acids is 2.